The normalized spacial score (nSPS) is 12.8. The number of rotatable bonds is 2. The Morgan fingerprint density at radius 3 is 2.85 bits per heavy atom. The molecule has 0 saturated heterocycles. The molecule has 3 heterocycles. The number of hydrogen-bond acceptors (Lipinski definition) is 3. The highest BCUT2D eigenvalue weighted by Gasteiger charge is 2.20. The lowest BCUT2D eigenvalue weighted by molar-refractivity contribution is 0.759. The summed E-state index contributed by atoms with van der Waals surface area (Å²) in [6, 6.07) is 12.5. The Hall–Kier alpha value is -2.49. The van der Waals surface area contributed by atoms with Crippen molar-refractivity contribution < 1.29 is 0 Å². The predicted octanol–water partition coefficient (Wildman–Crippen LogP) is 2.35. The van der Waals surface area contributed by atoms with Crippen LogP contribution in [0.5, 0.6) is 0 Å². The van der Waals surface area contributed by atoms with E-state index in [1.54, 1.807) is 6.20 Å². The first-order valence-corrected chi connectivity index (χ1v) is 6.82. The number of benzene rings is 1. The van der Waals surface area contributed by atoms with Gasteiger partial charge < -0.3 is 0 Å². The summed E-state index contributed by atoms with van der Waals surface area (Å²) in [5, 5.41) is 8.72. The number of pyridine rings is 1. The third kappa shape index (κ3) is 1.81. The largest absolute Gasteiger partial charge is 0.282 e. The summed E-state index contributed by atoms with van der Waals surface area (Å²) >= 11 is 0. The molecule has 4 rings (SSSR count). The second-order valence-corrected chi connectivity index (χ2v) is 5.03. The molecule has 0 amide bonds. The van der Waals surface area contributed by atoms with Crippen molar-refractivity contribution in [3.63, 3.8) is 0 Å². The molecule has 0 fully saturated rings. The van der Waals surface area contributed by atoms with Crippen LogP contribution in [0, 0.1) is 0 Å². The lowest BCUT2D eigenvalue weighted by atomic mass is 10.0. The Morgan fingerprint density at radius 1 is 1.00 bits per heavy atom. The minimum Gasteiger partial charge on any atom is -0.282 e. The average molecular weight is 262 g/mol. The Balaban J connectivity index is 1.80. The molecular formula is C16H14N4. The van der Waals surface area contributed by atoms with Crippen LogP contribution in [0.3, 0.4) is 0 Å². The summed E-state index contributed by atoms with van der Waals surface area (Å²) in [6.45, 7) is 0. The first-order valence-electron chi connectivity index (χ1n) is 6.82. The monoisotopic (exact) mass is 262 g/mol. The van der Waals surface area contributed by atoms with E-state index in [9.17, 15) is 0 Å². The molecular weight excluding hydrogens is 248 g/mol. The quantitative estimate of drug-likeness (QED) is 0.712. The van der Waals surface area contributed by atoms with E-state index < -0.39 is 0 Å². The van der Waals surface area contributed by atoms with Crippen LogP contribution in [0.25, 0.3) is 5.69 Å². The maximum absolute atomic E-state index is 4.38. The molecule has 20 heavy (non-hydrogen) atoms. The van der Waals surface area contributed by atoms with Crippen molar-refractivity contribution in [3.8, 4) is 5.69 Å². The number of hydrogen-bond donors (Lipinski definition) is 0. The molecule has 4 heteroatoms. The van der Waals surface area contributed by atoms with E-state index in [0.29, 0.717) is 0 Å². The van der Waals surface area contributed by atoms with Crippen LogP contribution in [0.1, 0.15) is 22.8 Å². The van der Waals surface area contributed by atoms with E-state index in [1.807, 2.05) is 12.3 Å². The first kappa shape index (κ1) is 11.3. The summed E-state index contributed by atoms with van der Waals surface area (Å²) in [6.07, 6.45) is 6.43. The van der Waals surface area contributed by atoms with Gasteiger partial charge in [-0.15, -0.1) is 10.2 Å². The fraction of sp³-hybridized carbons (Fsp3) is 0.188. The summed E-state index contributed by atoms with van der Waals surface area (Å²) < 4.78 is 2.20. The van der Waals surface area contributed by atoms with Crippen LogP contribution in [-0.2, 0) is 19.3 Å². The minimum absolute atomic E-state index is 0.759. The van der Waals surface area contributed by atoms with E-state index in [-0.39, 0.29) is 0 Å². The van der Waals surface area contributed by atoms with Gasteiger partial charge in [0.05, 0.1) is 5.69 Å². The van der Waals surface area contributed by atoms with Gasteiger partial charge in [-0.2, -0.15) is 0 Å². The molecule has 1 aliphatic rings. The molecule has 0 atom stereocenters. The van der Waals surface area contributed by atoms with E-state index in [1.165, 1.54) is 11.3 Å². The maximum Gasteiger partial charge on any atom is 0.142 e. The minimum atomic E-state index is 0.759. The zero-order valence-corrected chi connectivity index (χ0v) is 11.0. The predicted molar refractivity (Wildman–Crippen MR) is 75.8 cm³/mol. The van der Waals surface area contributed by atoms with E-state index in [2.05, 4.69) is 50.1 Å². The van der Waals surface area contributed by atoms with Gasteiger partial charge in [-0.25, -0.2) is 0 Å². The molecule has 98 valence electrons. The first-order chi connectivity index (χ1) is 9.92. The average Bonchev–Trinajstić information content (AvgIpc) is 2.92. The molecule has 4 nitrogen and oxygen atoms in total. The van der Waals surface area contributed by atoms with Crippen LogP contribution in [0.4, 0.5) is 0 Å². The molecule has 2 aromatic heterocycles. The van der Waals surface area contributed by atoms with Crippen molar-refractivity contribution in [2.24, 2.45) is 0 Å². The Labute approximate surface area is 117 Å². The summed E-state index contributed by atoms with van der Waals surface area (Å²) in [7, 11) is 0. The van der Waals surface area contributed by atoms with Crippen LogP contribution in [-0.4, -0.2) is 19.7 Å². The molecule has 0 N–H and O–H groups in total. The number of aryl methyl sites for hydroxylation is 2. The van der Waals surface area contributed by atoms with Gasteiger partial charge in [-0.3, -0.25) is 9.55 Å². The van der Waals surface area contributed by atoms with Crippen LogP contribution >= 0.6 is 0 Å². The van der Waals surface area contributed by atoms with Gasteiger partial charge in [0.2, 0.25) is 0 Å². The number of nitrogens with zero attached hydrogens (tertiary/aromatic N) is 4. The fourth-order valence-corrected chi connectivity index (χ4v) is 2.78. The fourth-order valence-electron chi connectivity index (χ4n) is 2.78. The van der Waals surface area contributed by atoms with Gasteiger partial charge in [-0.1, -0.05) is 24.3 Å². The van der Waals surface area contributed by atoms with Crippen molar-refractivity contribution in [2.75, 3.05) is 0 Å². The Kier molecular flexibility index (Phi) is 2.59. The van der Waals surface area contributed by atoms with Gasteiger partial charge in [0, 0.05) is 25.2 Å². The standard InChI is InChI=1S/C16H14N4/c1-2-6-14-13(5-1)7-8-15-18-19-16(20(14)15)10-12-4-3-9-17-11-12/h1-6,9,11H,7-8,10H2. The molecule has 0 aliphatic carbocycles. The molecule has 0 bridgehead atoms. The molecule has 3 aromatic rings. The highest BCUT2D eigenvalue weighted by molar-refractivity contribution is 5.45. The van der Waals surface area contributed by atoms with Gasteiger partial charge in [0.15, 0.2) is 0 Å². The van der Waals surface area contributed by atoms with Crippen LogP contribution in [0.2, 0.25) is 0 Å². The summed E-state index contributed by atoms with van der Waals surface area (Å²) in [5.74, 6) is 2.04. The third-order valence-corrected chi connectivity index (χ3v) is 3.73. The smallest absolute Gasteiger partial charge is 0.142 e. The van der Waals surface area contributed by atoms with Crippen LogP contribution < -0.4 is 0 Å². The van der Waals surface area contributed by atoms with E-state index in [4.69, 9.17) is 0 Å². The lowest BCUT2D eigenvalue weighted by Crippen LogP contribution is -2.14. The SMILES string of the molecule is c1cncc(Cc2nnc3n2-c2ccccc2CC3)c1. The number of para-hydroxylation sites is 1. The summed E-state index contributed by atoms with van der Waals surface area (Å²) in [4.78, 5) is 4.16. The summed E-state index contributed by atoms with van der Waals surface area (Å²) in [5.41, 5.74) is 3.75. The number of aromatic nitrogens is 4. The van der Waals surface area contributed by atoms with Gasteiger partial charge in [0.25, 0.3) is 0 Å². The van der Waals surface area contributed by atoms with Crippen molar-refractivity contribution in [3.05, 3.63) is 71.6 Å². The zero-order valence-electron chi connectivity index (χ0n) is 11.0. The highest BCUT2D eigenvalue weighted by Crippen LogP contribution is 2.25. The van der Waals surface area contributed by atoms with Crippen molar-refractivity contribution in [1.82, 2.24) is 19.7 Å². The van der Waals surface area contributed by atoms with E-state index >= 15 is 0 Å². The second-order valence-electron chi connectivity index (χ2n) is 5.03. The van der Waals surface area contributed by atoms with Gasteiger partial charge in [-0.05, 0) is 29.7 Å². The van der Waals surface area contributed by atoms with Crippen molar-refractivity contribution >= 4 is 0 Å². The molecule has 1 aromatic carbocycles. The molecule has 1 aliphatic heterocycles. The zero-order chi connectivity index (χ0) is 13.4. The highest BCUT2D eigenvalue weighted by atomic mass is 15.3. The molecule has 0 unspecified atom stereocenters. The van der Waals surface area contributed by atoms with Crippen molar-refractivity contribution in [2.45, 2.75) is 19.3 Å². The Bertz CT molecular complexity index is 746. The lowest BCUT2D eigenvalue weighted by Gasteiger charge is -2.19. The van der Waals surface area contributed by atoms with Gasteiger partial charge >= 0.3 is 0 Å². The van der Waals surface area contributed by atoms with Gasteiger partial charge in [0.1, 0.15) is 11.6 Å². The number of fused-ring (bicyclic) bond motifs is 3. The van der Waals surface area contributed by atoms with Crippen molar-refractivity contribution in [1.29, 1.82) is 0 Å². The third-order valence-electron chi connectivity index (χ3n) is 3.73. The Morgan fingerprint density at radius 2 is 1.95 bits per heavy atom. The van der Waals surface area contributed by atoms with E-state index in [0.717, 1.165) is 36.5 Å². The molecule has 0 radical (unpaired) electrons. The second kappa shape index (κ2) is 4.56. The van der Waals surface area contributed by atoms with Crippen LogP contribution in [0.15, 0.2) is 48.8 Å². The maximum atomic E-state index is 4.38. The molecule has 0 spiro atoms. The topological polar surface area (TPSA) is 43.6 Å². The molecule has 0 saturated carbocycles.